The Morgan fingerprint density at radius 2 is 2.10 bits per heavy atom. The number of thioether (sulfide) groups is 1. The highest BCUT2D eigenvalue weighted by molar-refractivity contribution is 7.99. The van der Waals surface area contributed by atoms with E-state index in [2.05, 4.69) is 26.0 Å². The molecule has 3 nitrogen and oxygen atoms in total. The molecule has 114 valence electrons. The third-order valence-electron chi connectivity index (χ3n) is 3.64. The molecule has 0 aromatic heterocycles. The molecule has 1 atom stereocenters. The SMILES string of the molecule is CCCCC(C)(O)N(C)c1cccc(C)c1SCCN. The van der Waals surface area contributed by atoms with Crippen LogP contribution >= 0.6 is 11.8 Å². The smallest absolute Gasteiger partial charge is 0.134 e. The second-order valence-electron chi connectivity index (χ2n) is 5.44. The van der Waals surface area contributed by atoms with Gasteiger partial charge in [0.25, 0.3) is 0 Å². The first-order valence-corrected chi connectivity index (χ1v) is 8.31. The van der Waals surface area contributed by atoms with Crippen LogP contribution in [0, 0.1) is 6.92 Å². The molecule has 0 fully saturated rings. The van der Waals surface area contributed by atoms with Gasteiger partial charge in [-0.3, -0.25) is 0 Å². The number of hydrogen-bond acceptors (Lipinski definition) is 4. The van der Waals surface area contributed by atoms with Crippen molar-refractivity contribution in [3.05, 3.63) is 23.8 Å². The summed E-state index contributed by atoms with van der Waals surface area (Å²) in [5.41, 5.74) is 7.13. The average molecular weight is 296 g/mol. The van der Waals surface area contributed by atoms with Gasteiger partial charge in [-0.05, 0) is 38.3 Å². The highest BCUT2D eigenvalue weighted by Crippen LogP contribution is 2.36. The van der Waals surface area contributed by atoms with Crippen LogP contribution in [-0.2, 0) is 0 Å². The lowest BCUT2D eigenvalue weighted by Gasteiger charge is -2.37. The van der Waals surface area contributed by atoms with E-state index >= 15 is 0 Å². The first-order valence-electron chi connectivity index (χ1n) is 7.32. The molecule has 0 aliphatic carbocycles. The molecule has 0 saturated carbocycles. The summed E-state index contributed by atoms with van der Waals surface area (Å²) in [6.07, 6.45) is 2.88. The van der Waals surface area contributed by atoms with Crippen LogP contribution in [0.15, 0.2) is 23.1 Å². The first-order chi connectivity index (χ1) is 9.44. The van der Waals surface area contributed by atoms with Gasteiger partial charge in [0.15, 0.2) is 0 Å². The van der Waals surface area contributed by atoms with Gasteiger partial charge in [-0.15, -0.1) is 11.8 Å². The van der Waals surface area contributed by atoms with Crippen LogP contribution in [0.1, 0.15) is 38.7 Å². The molecule has 1 aromatic carbocycles. The van der Waals surface area contributed by atoms with Crippen LogP contribution in [0.3, 0.4) is 0 Å². The first kappa shape index (κ1) is 17.3. The minimum atomic E-state index is -0.818. The van der Waals surface area contributed by atoms with Crippen LogP contribution in [0.25, 0.3) is 0 Å². The highest BCUT2D eigenvalue weighted by Gasteiger charge is 2.27. The van der Waals surface area contributed by atoms with Crippen molar-refractivity contribution in [2.45, 2.75) is 50.7 Å². The molecule has 1 unspecified atom stereocenters. The quantitative estimate of drug-likeness (QED) is 0.570. The third kappa shape index (κ3) is 4.40. The van der Waals surface area contributed by atoms with E-state index in [4.69, 9.17) is 5.73 Å². The topological polar surface area (TPSA) is 49.5 Å². The summed E-state index contributed by atoms with van der Waals surface area (Å²) in [5, 5.41) is 10.7. The van der Waals surface area contributed by atoms with Crippen LogP contribution in [-0.4, -0.2) is 30.2 Å². The fraction of sp³-hybridized carbons (Fsp3) is 0.625. The summed E-state index contributed by atoms with van der Waals surface area (Å²) in [7, 11) is 1.97. The monoisotopic (exact) mass is 296 g/mol. The van der Waals surface area contributed by atoms with Gasteiger partial charge in [0, 0.05) is 24.2 Å². The minimum Gasteiger partial charge on any atom is -0.371 e. The standard InChI is InChI=1S/C16H28N2OS/c1-5-6-10-16(3,19)18(4)14-9-7-8-13(2)15(14)20-12-11-17/h7-9,19H,5-6,10-12,17H2,1-4H3. The summed E-state index contributed by atoms with van der Waals surface area (Å²) in [6.45, 7) is 6.80. The molecular formula is C16H28N2OS. The molecule has 1 aromatic rings. The van der Waals surface area contributed by atoms with E-state index < -0.39 is 5.72 Å². The molecule has 0 radical (unpaired) electrons. The normalized spacial score (nSPS) is 14.1. The Labute approximate surface area is 127 Å². The van der Waals surface area contributed by atoms with Gasteiger partial charge in [0.2, 0.25) is 0 Å². The van der Waals surface area contributed by atoms with E-state index in [1.807, 2.05) is 24.9 Å². The predicted molar refractivity (Wildman–Crippen MR) is 89.5 cm³/mol. The van der Waals surface area contributed by atoms with Gasteiger partial charge in [-0.2, -0.15) is 0 Å². The van der Waals surface area contributed by atoms with Crippen LogP contribution in [0.2, 0.25) is 0 Å². The molecule has 1 rings (SSSR count). The maximum Gasteiger partial charge on any atom is 0.134 e. The fourth-order valence-corrected chi connectivity index (χ4v) is 3.16. The van der Waals surface area contributed by atoms with E-state index in [1.165, 1.54) is 10.5 Å². The number of hydrogen-bond donors (Lipinski definition) is 2. The van der Waals surface area contributed by atoms with Crippen LogP contribution < -0.4 is 10.6 Å². The van der Waals surface area contributed by atoms with E-state index in [0.29, 0.717) is 6.54 Å². The molecule has 0 bridgehead atoms. The Balaban J connectivity index is 3.02. The number of anilines is 1. The molecule has 4 heteroatoms. The average Bonchev–Trinajstić information content (AvgIpc) is 2.43. The minimum absolute atomic E-state index is 0.661. The number of aliphatic hydroxyl groups is 1. The Morgan fingerprint density at radius 1 is 1.40 bits per heavy atom. The van der Waals surface area contributed by atoms with Crippen molar-refractivity contribution < 1.29 is 5.11 Å². The number of unbranched alkanes of at least 4 members (excludes halogenated alkanes) is 1. The second-order valence-corrected chi connectivity index (χ2v) is 6.55. The fourth-order valence-electron chi connectivity index (χ4n) is 2.19. The number of nitrogens with zero attached hydrogens (tertiary/aromatic N) is 1. The van der Waals surface area contributed by atoms with Crippen molar-refractivity contribution in [1.82, 2.24) is 0 Å². The van der Waals surface area contributed by atoms with Crippen molar-refractivity contribution in [1.29, 1.82) is 0 Å². The van der Waals surface area contributed by atoms with Crippen molar-refractivity contribution in [3.63, 3.8) is 0 Å². The zero-order chi connectivity index (χ0) is 15.2. The lowest BCUT2D eigenvalue weighted by Crippen LogP contribution is -2.44. The van der Waals surface area contributed by atoms with Crippen LogP contribution in [0.4, 0.5) is 5.69 Å². The zero-order valence-corrected chi connectivity index (χ0v) is 14.0. The summed E-state index contributed by atoms with van der Waals surface area (Å²) >= 11 is 1.76. The molecular weight excluding hydrogens is 268 g/mol. The molecule has 0 aliphatic rings. The Kier molecular flexibility index (Phi) is 6.86. The van der Waals surface area contributed by atoms with E-state index in [1.54, 1.807) is 11.8 Å². The Morgan fingerprint density at radius 3 is 2.70 bits per heavy atom. The van der Waals surface area contributed by atoms with Crippen molar-refractivity contribution >= 4 is 17.4 Å². The van der Waals surface area contributed by atoms with Crippen molar-refractivity contribution in [3.8, 4) is 0 Å². The summed E-state index contributed by atoms with van der Waals surface area (Å²) in [6, 6.07) is 6.23. The van der Waals surface area contributed by atoms with Crippen LogP contribution in [0.5, 0.6) is 0 Å². The van der Waals surface area contributed by atoms with E-state index in [-0.39, 0.29) is 0 Å². The largest absolute Gasteiger partial charge is 0.371 e. The molecule has 0 heterocycles. The molecule has 0 aliphatic heterocycles. The number of nitrogens with two attached hydrogens (primary N) is 1. The summed E-state index contributed by atoms with van der Waals surface area (Å²) in [5.74, 6) is 0.892. The van der Waals surface area contributed by atoms with E-state index in [9.17, 15) is 5.11 Å². The summed E-state index contributed by atoms with van der Waals surface area (Å²) in [4.78, 5) is 3.21. The van der Waals surface area contributed by atoms with Gasteiger partial charge in [-0.25, -0.2) is 0 Å². The molecule has 20 heavy (non-hydrogen) atoms. The number of benzene rings is 1. The van der Waals surface area contributed by atoms with Gasteiger partial charge in [-0.1, -0.05) is 25.5 Å². The van der Waals surface area contributed by atoms with Crippen molar-refractivity contribution in [2.75, 3.05) is 24.2 Å². The predicted octanol–water partition coefficient (Wildman–Crippen LogP) is 3.38. The number of aryl methyl sites for hydroxylation is 1. The molecule has 3 N–H and O–H groups in total. The molecule has 0 spiro atoms. The van der Waals surface area contributed by atoms with Gasteiger partial charge in [0.1, 0.15) is 5.72 Å². The number of rotatable bonds is 8. The lowest BCUT2D eigenvalue weighted by atomic mass is 10.1. The zero-order valence-electron chi connectivity index (χ0n) is 13.1. The second kappa shape index (κ2) is 7.91. The third-order valence-corrected chi connectivity index (χ3v) is 4.90. The van der Waals surface area contributed by atoms with Crippen molar-refractivity contribution in [2.24, 2.45) is 5.73 Å². The van der Waals surface area contributed by atoms with Gasteiger partial charge >= 0.3 is 0 Å². The van der Waals surface area contributed by atoms with E-state index in [0.717, 1.165) is 30.7 Å². The van der Waals surface area contributed by atoms with Gasteiger partial charge in [0.05, 0.1) is 5.69 Å². The lowest BCUT2D eigenvalue weighted by molar-refractivity contribution is 0.0493. The Bertz CT molecular complexity index is 421. The molecule has 0 amide bonds. The Hall–Kier alpha value is -0.710. The van der Waals surface area contributed by atoms with Gasteiger partial charge < -0.3 is 15.7 Å². The highest BCUT2D eigenvalue weighted by atomic mass is 32.2. The summed E-state index contributed by atoms with van der Waals surface area (Å²) < 4.78 is 0. The molecule has 0 saturated heterocycles. The maximum atomic E-state index is 10.7. The maximum absolute atomic E-state index is 10.7.